The Morgan fingerprint density at radius 2 is 1.70 bits per heavy atom. The fourth-order valence-corrected chi connectivity index (χ4v) is 4.78. The van der Waals surface area contributed by atoms with E-state index < -0.39 is 0 Å². The monoisotopic (exact) mass is 532 g/mol. The molecule has 0 spiro atoms. The highest BCUT2D eigenvalue weighted by Gasteiger charge is 2.19. The van der Waals surface area contributed by atoms with E-state index in [2.05, 4.69) is 20.6 Å². The Labute approximate surface area is 231 Å². The summed E-state index contributed by atoms with van der Waals surface area (Å²) in [5.41, 5.74) is 6.75. The summed E-state index contributed by atoms with van der Waals surface area (Å²) in [6.45, 7) is 4.29. The van der Waals surface area contributed by atoms with Crippen LogP contribution in [0.25, 0.3) is 22.3 Å². The van der Waals surface area contributed by atoms with Crippen LogP contribution in [0.1, 0.15) is 26.3 Å². The van der Waals surface area contributed by atoms with Crippen LogP contribution < -0.4 is 10.6 Å². The summed E-state index contributed by atoms with van der Waals surface area (Å²) in [6, 6.07) is 24.2. The molecule has 0 atom stereocenters. The number of fused-ring (bicyclic) bond motifs is 1. The van der Waals surface area contributed by atoms with Crippen LogP contribution in [0.4, 0.5) is 17.2 Å². The average Bonchev–Trinajstić information content (AvgIpc) is 3.48. The standard InChI is InChI=1S/C31H28N6O3/c1-20-24(8-5-9-25(20)36-30(38)21-6-3-2-4-7-21)26-18-27-28(33-19-32-27)29(35-26)34-23-12-10-22(11-13-23)31(39)37-14-16-40-17-15-37/h2-13,18-19H,14-17H2,1H3,(H,32,33)(H,34,35)(H,36,38). The molecule has 1 saturated heterocycles. The molecular formula is C31H28N6O3. The number of pyridine rings is 1. The van der Waals surface area contributed by atoms with Crippen LogP contribution in [0.2, 0.25) is 0 Å². The maximum Gasteiger partial charge on any atom is 0.255 e. The van der Waals surface area contributed by atoms with Crippen molar-refractivity contribution in [2.45, 2.75) is 6.92 Å². The third-order valence-corrected chi connectivity index (χ3v) is 6.99. The van der Waals surface area contributed by atoms with Crippen molar-refractivity contribution in [3.63, 3.8) is 0 Å². The molecule has 1 aliphatic rings. The van der Waals surface area contributed by atoms with Gasteiger partial charge in [0.15, 0.2) is 5.82 Å². The average molecular weight is 533 g/mol. The molecular weight excluding hydrogens is 504 g/mol. The summed E-state index contributed by atoms with van der Waals surface area (Å²) in [6.07, 6.45) is 1.63. The van der Waals surface area contributed by atoms with Crippen molar-refractivity contribution in [3.05, 3.63) is 102 Å². The van der Waals surface area contributed by atoms with Gasteiger partial charge in [-0.1, -0.05) is 30.3 Å². The van der Waals surface area contributed by atoms with Crippen LogP contribution in [0, 0.1) is 6.92 Å². The molecule has 9 heteroatoms. The second kappa shape index (κ2) is 11.0. The van der Waals surface area contributed by atoms with Gasteiger partial charge in [-0.25, -0.2) is 9.97 Å². The lowest BCUT2D eigenvalue weighted by Gasteiger charge is -2.26. The maximum absolute atomic E-state index is 12.8. The molecule has 5 aromatic rings. The SMILES string of the molecule is Cc1c(NC(=O)c2ccccc2)cccc1-c1cc2[nH]cnc2c(Nc2ccc(C(=O)N3CCOCC3)cc2)n1. The zero-order chi connectivity index (χ0) is 27.5. The Morgan fingerprint density at radius 1 is 0.925 bits per heavy atom. The third-order valence-electron chi connectivity index (χ3n) is 6.99. The fraction of sp³-hybridized carbons (Fsp3) is 0.161. The maximum atomic E-state index is 12.8. The van der Waals surface area contributed by atoms with Gasteiger partial charge in [0.05, 0.1) is 30.8 Å². The van der Waals surface area contributed by atoms with E-state index >= 15 is 0 Å². The van der Waals surface area contributed by atoms with E-state index in [-0.39, 0.29) is 11.8 Å². The third kappa shape index (κ3) is 5.14. The Kier molecular flexibility index (Phi) is 6.95. The number of hydrogen-bond acceptors (Lipinski definition) is 6. The number of anilines is 3. The molecule has 40 heavy (non-hydrogen) atoms. The number of nitrogens with one attached hydrogen (secondary N) is 3. The first-order valence-corrected chi connectivity index (χ1v) is 13.1. The first kappa shape index (κ1) is 25.3. The van der Waals surface area contributed by atoms with Crippen LogP contribution in [0.5, 0.6) is 0 Å². The molecule has 3 N–H and O–H groups in total. The number of morpholine rings is 1. The lowest BCUT2D eigenvalue weighted by molar-refractivity contribution is 0.0303. The highest BCUT2D eigenvalue weighted by molar-refractivity contribution is 6.05. The number of nitrogens with zero attached hydrogens (tertiary/aromatic N) is 3. The number of aromatic nitrogens is 3. The second-order valence-electron chi connectivity index (χ2n) is 9.56. The van der Waals surface area contributed by atoms with Gasteiger partial charge in [0.2, 0.25) is 0 Å². The van der Waals surface area contributed by atoms with E-state index in [1.54, 1.807) is 18.5 Å². The van der Waals surface area contributed by atoms with Gasteiger partial charge in [0, 0.05) is 41.2 Å². The van der Waals surface area contributed by atoms with Crippen molar-refractivity contribution in [2.75, 3.05) is 36.9 Å². The number of carbonyl (C=O) groups excluding carboxylic acids is 2. The normalized spacial score (nSPS) is 13.3. The van der Waals surface area contributed by atoms with E-state index in [4.69, 9.17) is 9.72 Å². The van der Waals surface area contributed by atoms with Gasteiger partial charge in [0.25, 0.3) is 11.8 Å². The van der Waals surface area contributed by atoms with Gasteiger partial charge < -0.3 is 25.3 Å². The highest BCUT2D eigenvalue weighted by atomic mass is 16.5. The molecule has 1 aliphatic heterocycles. The lowest BCUT2D eigenvalue weighted by atomic mass is 10.0. The molecule has 0 radical (unpaired) electrons. The van der Waals surface area contributed by atoms with E-state index in [1.165, 1.54) is 0 Å². The largest absolute Gasteiger partial charge is 0.378 e. The summed E-state index contributed by atoms with van der Waals surface area (Å²) in [4.78, 5) is 40.0. The predicted molar refractivity (Wildman–Crippen MR) is 155 cm³/mol. The van der Waals surface area contributed by atoms with Crippen molar-refractivity contribution in [3.8, 4) is 11.3 Å². The van der Waals surface area contributed by atoms with Crippen LogP contribution >= 0.6 is 0 Å². The minimum atomic E-state index is -0.171. The molecule has 0 aliphatic carbocycles. The number of imidazole rings is 1. The van der Waals surface area contributed by atoms with E-state index in [0.29, 0.717) is 54.5 Å². The zero-order valence-electron chi connectivity index (χ0n) is 22.0. The summed E-state index contributed by atoms with van der Waals surface area (Å²) in [5, 5.41) is 6.39. The van der Waals surface area contributed by atoms with Crippen molar-refractivity contribution in [1.82, 2.24) is 19.9 Å². The van der Waals surface area contributed by atoms with Crippen molar-refractivity contribution in [1.29, 1.82) is 0 Å². The van der Waals surface area contributed by atoms with E-state index in [1.807, 2.05) is 78.6 Å². The van der Waals surface area contributed by atoms with Gasteiger partial charge in [-0.3, -0.25) is 9.59 Å². The quantitative estimate of drug-likeness (QED) is 0.270. The molecule has 1 fully saturated rings. The van der Waals surface area contributed by atoms with Crippen molar-refractivity contribution in [2.24, 2.45) is 0 Å². The number of ether oxygens (including phenoxy) is 1. The summed E-state index contributed by atoms with van der Waals surface area (Å²) >= 11 is 0. The molecule has 3 aromatic carbocycles. The fourth-order valence-electron chi connectivity index (χ4n) is 4.78. The van der Waals surface area contributed by atoms with Crippen LogP contribution in [-0.2, 0) is 4.74 Å². The predicted octanol–water partition coefficient (Wildman–Crippen LogP) is 5.40. The molecule has 2 aromatic heterocycles. The number of benzene rings is 3. The van der Waals surface area contributed by atoms with Crippen LogP contribution in [0.15, 0.2) is 85.2 Å². The number of hydrogen-bond donors (Lipinski definition) is 3. The topological polar surface area (TPSA) is 112 Å². The van der Waals surface area contributed by atoms with Gasteiger partial charge in [-0.15, -0.1) is 0 Å². The number of rotatable bonds is 6. The summed E-state index contributed by atoms with van der Waals surface area (Å²) < 4.78 is 5.35. The zero-order valence-corrected chi connectivity index (χ0v) is 22.0. The van der Waals surface area contributed by atoms with Gasteiger partial charge in [0.1, 0.15) is 5.52 Å². The molecule has 0 unspecified atom stereocenters. The van der Waals surface area contributed by atoms with E-state index in [0.717, 1.165) is 28.0 Å². The Morgan fingerprint density at radius 3 is 2.48 bits per heavy atom. The van der Waals surface area contributed by atoms with Crippen molar-refractivity contribution >= 4 is 40.0 Å². The van der Waals surface area contributed by atoms with Gasteiger partial charge >= 0.3 is 0 Å². The lowest BCUT2D eigenvalue weighted by Crippen LogP contribution is -2.40. The molecule has 2 amide bonds. The first-order chi connectivity index (χ1) is 19.6. The highest BCUT2D eigenvalue weighted by Crippen LogP contribution is 2.32. The van der Waals surface area contributed by atoms with Crippen LogP contribution in [-0.4, -0.2) is 58.0 Å². The second-order valence-corrected chi connectivity index (χ2v) is 9.56. The minimum Gasteiger partial charge on any atom is -0.378 e. The first-order valence-electron chi connectivity index (χ1n) is 13.1. The summed E-state index contributed by atoms with van der Waals surface area (Å²) in [7, 11) is 0. The molecule has 3 heterocycles. The Balaban J connectivity index is 1.27. The summed E-state index contributed by atoms with van der Waals surface area (Å²) in [5.74, 6) is 0.411. The van der Waals surface area contributed by atoms with E-state index in [9.17, 15) is 9.59 Å². The smallest absolute Gasteiger partial charge is 0.255 e. The van der Waals surface area contributed by atoms with Gasteiger partial charge in [-0.05, 0) is 61.0 Å². The van der Waals surface area contributed by atoms with Crippen LogP contribution in [0.3, 0.4) is 0 Å². The molecule has 6 rings (SSSR count). The molecule has 0 bridgehead atoms. The molecule has 200 valence electrons. The van der Waals surface area contributed by atoms with Crippen molar-refractivity contribution < 1.29 is 14.3 Å². The Hall–Kier alpha value is -5.02. The molecule has 9 nitrogen and oxygen atoms in total. The number of aromatic amines is 1. The molecule has 0 saturated carbocycles. The minimum absolute atomic E-state index is 0.000577. The number of H-pyrrole nitrogens is 1. The number of amides is 2. The van der Waals surface area contributed by atoms with Gasteiger partial charge in [-0.2, -0.15) is 0 Å². The Bertz CT molecular complexity index is 1680. The number of carbonyl (C=O) groups is 2.